The number of ether oxygens (including phenoxy) is 2. The van der Waals surface area contributed by atoms with Crippen LogP contribution in [0.25, 0.3) is 0 Å². The summed E-state index contributed by atoms with van der Waals surface area (Å²) in [6.07, 6.45) is 0. The molecule has 0 amide bonds. The number of methoxy groups -OCH3 is 2. The van der Waals surface area contributed by atoms with E-state index in [0.29, 0.717) is 20.9 Å². The van der Waals surface area contributed by atoms with Crippen molar-refractivity contribution in [1.29, 1.82) is 0 Å². The average molecular weight is 338 g/mol. The molecule has 0 aliphatic heterocycles. The molecule has 1 aromatic carbocycles. The molecule has 19 heavy (non-hydrogen) atoms. The van der Waals surface area contributed by atoms with Crippen molar-refractivity contribution in [2.75, 3.05) is 14.2 Å². The Labute approximate surface area is 130 Å². The average Bonchev–Trinajstić information content (AvgIpc) is 2.84. The summed E-state index contributed by atoms with van der Waals surface area (Å²) in [5.41, 5.74) is 0.763. The van der Waals surface area contributed by atoms with Crippen molar-refractivity contribution < 1.29 is 9.47 Å². The molecule has 1 heterocycles. The zero-order valence-corrected chi connectivity index (χ0v) is 13.3. The first-order valence-corrected chi connectivity index (χ1v) is 7.38. The van der Waals surface area contributed by atoms with Crippen LogP contribution < -0.4 is 9.47 Å². The number of hydrogen-bond acceptors (Lipinski definition) is 3. The van der Waals surface area contributed by atoms with E-state index in [9.17, 15) is 0 Å². The summed E-state index contributed by atoms with van der Waals surface area (Å²) in [7, 11) is 3.13. The number of rotatable bonds is 4. The van der Waals surface area contributed by atoms with E-state index in [-0.39, 0.29) is 5.38 Å². The van der Waals surface area contributed by atoms with E-state index >= 15 is 0 Å². The Bertz CT molecular complexity index is 583. The van der Waals surface area contributed by atoms with E-state index in [2.05, 4.69) is 0 Å². The topological polar surface area (TPSA) is 18.5 Å². The fraction of sp³-hybridized carbons (Fsp3) is 0.231. The third-order valence-electron chi connectivity index (χ3n) is 2.62. The van der Waals surface area contributed by atoms with Crippen LogP contribution in [0.3, 0.4) is 0 Å². The molecule has 0 saturated carbocycles. The normalized spacial score (nSPS) is 12.3. The Morgan fingerprint density at radius 3 is 2.21 bits per heavy atom. The van der Waals surface area contributed by atoms with Crippen LogP contribution in [0, 0.1) is 0 Å². The van der Waals surface area contributed by atoms with E-state index < -0.39 is 0 Å². The molecule has 0 aliphatic rings. The zero-order valence-electron chi connectivity index (χ0n) is 10.2. The summed E-state index contributed by atoms with van der Waals surface area (Å²) in [6.45, 7) is 0. The van der Waals surface area contributed by atoms with Crippen LogP contribution in [-0.2, 0) is 0 Å². The lowest BCUT2D eigenvalue weighted by atomic mass is 10.1. The minimum absolute atomic E-state index is 0.371. The highest BCUT2D eigenvalue weighted by Gasteiger charge is 2.19. The summed E-state index contributed by atoms with van der Waals surface area (Å²) in [5, 5.41) is 0.159. The van der Waals surface area contributed by atoms with Crippen molar-refractivity contribution in [2.45, 2.75) is 5.38 Å². The fourth-order valence-electron chi connectivity index (χ4n) is 1.68. The standard InChI is InChI=1S/C13H11Cl3O2S/c1-17-9-5-7(8(14)6-10(9)18-2)13(16)11-3-4-12(15)19-11/h3-6,13H,1-2H3. The zero-order chi connectivity index (χ0) is 14.0. The van der Waals surface area contributed by atoms with Crippen LogP contribution in [0.5, 0.6) is 11.5 Å². The Morgan fingerprint density at radius 1 is 1.05 bits per heavy atom. The molecule has 0 N–H and O–H groups in total. The van der Waals surface area contributed by atoms with Gasteiger partial charge in [0, 0.05) is 16.0 Å². The lowest BCUT2D eigenvalue weighted by Crippen LogP contribution is -1.96. The largest absolute Gasteiger partial charge is 0.493 e. The van der Waals surface area contributed by atoms with Gasteiger partial charge in [0.1, 0.15) is 0 Å². The predicted octanol–water partition coefficient (Wildman–Crippen LogP) is 5.40. The maximum atomic E-state index is 6.45. The molecule has 0 aliphatic carbocycles. The van der Waals surface area contributed by atoms with Gasteiger partial charge in [0.2, 0.25) is 0 Å². The highest BCUT2D eigenvalue weighted by atomic mass is 35.5. The van der Waals surface area contributed by atoms with E-state index in [1.54, 1.807) is 26.4 Å². The van der Waals surface area contributed by atoms with Crippen LogP contribution in [-0.4, -0.2) is 14.2 Å². The van der Waals surface area contributed by atoms with Gasteiger partial charge in [-0.2, -0.15) is 0 Å². The molecule has 0 fully saturated rings. The second-order valence-electron chi connectivity index (χ2n) is 3.73. The van der Waals surface area contributed by atoms with Gasteiger partial charge in [-0.05, 0) is 23.8 Å². The van der Waals surface area contributed by atoms with E-state index in [1.807, 2.05) is 12.1 Å². The molecule has 1 unspecified atom stereocenters. The van der Waals surface area contributed by atoms with Crippen molar-refractivity contribution in [3.8, 4) is 11.5 Å². The quantitative estimate of drug-likeness (QED) is 0.695. The van der Waals surface area contributed by atoms with Gasteiger partial charge in [-0.25, -0.2) is 0 Å². The Balaban J connectivity index is 2.44. The number of alkyl halides is 1. The molecule has 2 rings (SSSR count). The van der Waals surface area contributed by atoms with Gasteiger partial charge >= 0.3 is 0 Å². The van der Waals surface area contributed by atoms with Gasteiger partial charge in [0.25, 0.3) is 0 Å². The molecule has 0 saturated heterocycles. The summed E-state index contributed by atoms with van der Waals surface area (Å²) >= 11 is 20.0. The first-order chi connectivity index (χ1) is 9.06. The van der Waals surface area contributed by atoms with Crippen molar-refractivity contribution in [3.05, 3.63) is 44.1 Å². The van der Waals surface area contributed by atoms with Crippen molar-refractivity contribution >= 4 is 46.1 Å². The van der Waals surface area contributed by atoms with Gasteiger partial charge in [0.05, 0.1) is 23.9 Å². The molecule has 2 aromatic rings. The summed E-state index contributed by atoms with van der Waals surface area (Å²) in [5.74, 6) is 1.17. The third-order valence-corrected chi connectivity index (χ3v) is 4.84. The van der Waals surface area contributed by atoms with E-state index in [4.69, 9.17) is 44.3 Å². The van der Waals surface area contributed by atoms with Crippen LogP contribution in [0.1, 0.15) is 15.8 Å². The van der Waals surface area contributed by atoms with Crippen molar-refractivity contribution in [2.24, 2.45) is 0 Å². The number of halogens is 3. The minimum atomic E-state index is -0.371. The second-order valence-corrected chi connectivity index (χ2v) is 6.32. The Morgan fingerprint density at radius 2 is 1.68 bits per heavy atom. The van der Waals surface area contributed by atoms with Crippen molar-refractivity contribution in [1.82, 2.24) is 0 Å². The molecule has 0 spiro atoms. The van der Waals surface area contributed by atoms with Gasteiger partial charge in [-0.3, -0.25) is 0 Å². The monoisotopic (exact) mass is 336 g/mol. The molecule has 0 bridgehead atoms. The maximum Gasteiger partial charge on any atom is 0.162 e. The predicted molar refractivity (Wildman–Crippen MR) is 81.6 cm³/mol. The van der Waals surface area contributed by atoms with Crippen molar-refractivity contribution in [3.63, 3.8) is 0 Å². The number of hydrogen-bond donors (Lipinski definition) is 0. The third kappa shape index (κ3) is 3.11. The van der Waals surface area contributed by atoms with Gasteiger partial charge < -0.3 is 9.47 Å². The van der Waals surface area contributed by atoms with E-state index in [1.165, 1.54) is 11.3 Å². The highest BCUT2D eigenvalue weighted by Crippen LogP contribution is 2.42. The first-order valence-electron chi connectivity index (χ1n) is 5.37. The molecule has 6 heteroatoms. The SMILES string of the molecule is COc1cc(Cl)c(C(Cl)c2ccc(Cl)s2)cc1OC. The minimum Gasteiger partial charge on any atom is -0.493 e. The molecule has 1 atom stereocenters. The lowest BCUT2D eigenvalue weighted by Gasteiger charge is -2.14. The highest BCUT2D eigenvalue weighted by molar-refractivity contribution is 7.16. The maximum absolute atomic E-state index is 6.45. The molecule has 2 nitrogen and oxygen atoms in total. The van der Waals surface area contributed by atoms with Gasteiger partial charge in [-0.15, -0.1) is 22.9 Å². The van der Waals surface area contributed by atoms with Crippen LogP contribution in [0.15, 0.2) is 24.3 Å². The van der Waals surface area contributed by atoms with Gasteiger partial charge in [0.15, 0.2) is 11.5 Å². The van der Waals surface area contributed by atoms with E-state index in [0.717, 1.165) is 10.4 Å². The Hall–Kier alpha value is -0.610. The Kier molecular flexibility index (Phi) is 4.85. The first kappa shape index (κ1) is 14.8. The summed E-state index contributed by atoms with van der Waals surface area (Å²) in [4.78, 5) is 0.931. The molecule has 102 valence electrons. The fourth-order valence-corrected chi connectivity index (χ4v) is 3.45. The van der Waals surface area contributed by atoms with Crippen LogP contribution in [0.4, 0.5) is 0 Å². The molecular formula is C13H11Cl3O2S. The number of benzene rings is 1. The number of thiophene rings is 1. The van der Waals surface area contributed by atoms with Crippen LogP contribution >= 0.6 is 46.1 Å². The molecule has 0 radical (unpaired) electrons. The lowest BCUT2D eigenvalue weighted by molar-refractivity contribution is 0.354. The molecular weight excluding hydrogens is 327 g/mol. The second kappa shape index (κ2) is 6.23. The van der Waals surface area contributed by atoms with Crippen LogP contribution in [0.2, 0.25) is 9.36 Å². The molecule has 1 aromatic heterocycles. The van der Waals surface area contributed by atoms with Gasteiger partial charge in [-0.1, -0.05) is 23.2 Å². The summed E-state index contributed by atoms with van der Waals surface area (Å²) < 4.78 is 11.1. The smallest absolute Gasteiger partial charge is 0.162 e. The summed E-state index contributed by atoms with van der Waals surface area (Å²) in [6, 6.07) is 7.18.